The highest BCUT2D eigenvalue weighted by atomic mass is 35.5. The molecule has 1 heterocycles. The first-order valence-corrected chi connectivity index (χ1v) is 14.9. The first-order valence-electron chi connectivity index (χ1n) is 12.7. The minimum absolute atomic E-state index is 0.0481. The molecule has 0 bridgehead atoms. The van der Waals surface area contributed by atoms with Gasteiger partial charge in [-0.05, 0) is 50.5 Å². The van der Waals surface area contributed by atoms with Crippen molar-refractivity contribution >= 4 is 39.1 Å². The highest BCUT2D eigenvalue weighted by Crippen LogP contribution is 2.34. The number of carbonyl (C=O) groups excluding carboxylic acids is 2. The number of anilines is 1. The molecule has 9 nitrogen and oxygen atoms in total. The second-order valence-electron chi connectivity index (χ2n) is 9.47. The number of fused-ring (bicyclic) bond motifs is 1. The van der Waals surface area contributed by atoms with E-state index in [9.17, 15) is 18.0 Å². The summed E-state index contributed by atoms with van der Waals surface area (Å²) >= 11 is 6.37. The number of carbonyl (C=O) groups is 2. The Morgan fingerprint density at radius 2 is 1.76 bits per heavy atom. The number of nitrogens with zero attached hydrogens (tertiary/aromatic N) is 2. The number of rotatable bonds is 12. The van der Waals surface area contributed by atoms with Gasteiger partial charge in [0.25, 0.3) is 0 Å². The molecule has 0 radical (unpaired) electrons. The molecule has 2 amide bonds. The van der Waals surface area contributed by atoms with Gasteiger partial charge in [-0.2, -0.15) is 0 Å². The molecule has 3 rings (SSSR count). The third-order valence-electron chi connectivity index (χ3n) is 6.08. The molecule has 38 heavy (non-hydrogen) atoms. The lowest BCUT2D eigenvalue weighted by atomic mass is 10.1. The molecule has 0 saturated carbocycles. The number of amides is 2. The fraction of sp³-hybridized carbons (Fsp3) is 0.481. The summed E-state index contributed by atoms with van der Waals surface area (Å²) in [5.74, 6) is 0.540. The zero-order chi connectivity index (χ0) is 27.9. The predicted octanol–water partition coefficient (Wildman–Crippen LogP) is 3.99. The molecular formula is C27H36ClN3O6S. The van der Waals surface area contributed by atoms with Crippen LogP contribution in [-0.4, -0.2) is 63.2 Å². The summed E-state index contributed by atoms with van der Waals surface area (Å²) in [7, 11) is -3.63. The number of ether oxygens (including phenoxy) is 2. The average molecular weight is 566 g/mol. The third-order valence-corrected chi connectivity index (χ3v) is 7.64. The van der Waals surface area contributed by atoms with Gasteiger partial charge in [0.15, 0.2) is 11.5 Å². The van der Waals surface area contributed by atoms with Crippen molar-refractivity contribution in [2.75, 3.05) is 30.3 Å². The van der Waals surface area contributed by atoms with Crippen molar-refractivity contribution in [3.05, 3.63) is 53.1 Å². The number of halogens is 1. The van der Waals surface area contributed by atoms with E-state index in [1.165, 1.54) is 9.21 Å². The Morgan fingerprint density at radius 3 is 2.39 bits per heavy atom. The zero-order valence-electron chi connectivity index (χ0n) is 22.3. The van der Waals surface area contributed by atoms with Crippen molar-refractivity contribution in [1.82, 2.24) is 10.2 Å². The topological polar surface area (TPSA) is 105 Å². The molecule has 1 N–H and O–H groups in total. The molecule has 1 aliphatic heterocycles. The maximum atomic E-state index is 13.5. The third kappa shape index (κ3) is 7.77. The fourth-order valence-corrected chi connectivity index (χ4v) is 5.45. The van der Waals surface area contributed by atoms with E-state index in [4.69, 9.17) is 21.1 Å². The van der Waals surface area contributed by atoms with Gasteiger partial charge in [-0.1, -0.05) is 36.7 Å². The zero-order valence-corrected chi connectivity index (χ0v) is 23.8. The van der Waals surface area contributed by atoms with Crippen LogP contribution in [0.25, 0.3) is 0 Å². The highest BCUT2D eigenvalue weighted by molar-refractivity contribution is 7.92. The molecule has 0 spiro atoms. The Balaban J connectivity index is 1.78. The van der Waals surface area contributed by atoms with E-state index >= 15 is 0 Å². The van der Waals surface area contributed by atoms with Crippen LogP contribution in [0, 0.1) is 0 Å². The predicted molar refractivity (Wildman–Crippen MR) is 148 cm³/mol. The maximum Gasteiger partial charge on any atom is 0.243 e. The van der Waals surface area contributed by atoms with Crippen LogP contribution in [0.3, 0.4) is 0 Å². The molecule has 11 heteroatoms. The summed E-state index contributed by atoms with van der Waals surface area (Å²) in [5, 5.41) is 3.40. The second kappa shape index (κ2) is 13.2. The Bertz CT molecular complexity index is 1240. The Morgan fingerprint density at radius 1 is 1.08 bits per heavy atom. The second-order valence-corrected chi connectivity index (χ2v) is 11.8. The summed E-state index contributed by atoms with van der Waals surface area (Å²) in [6, 6.07) is 11.4. The number of nitrogens with one attached hydrogen (secondary N) is 1. The first-order chi connectivity index (χ1) is 18.0. The van der Waals surface area contributed by atoms with E-state index in [0.29, 0.717) is 41.8 Å². The van der Waals surface area contributed by atoms with Crippen molar-refractivity contribution in [3.8, 4) is 11.5 Å². The average Bonchev–Trinajstić information content (AvgIpc) is 2.86. The van der Waals surface area contributed by atoms with E-state index in [0.717, 1.165) is 11.8 Å². The van der Waals surface area contributed by atoms with Crippen molar-refractivity contribution in [3.63, 3.8) is 0 Å². The minimum Gasteiger partial charge on any atom is -0.486 e. The Labute approximate surface area is 230 Å². The van der Waals surface area contributed by atoms with E-state index in [1.54, 1.807) is 30.3 Å². The lowest BCUT2D eigenvalue weighted by Crippen LogP contribution is -2.50. The van der Waals surface area contributed by atoms with Gasteiger partial charge in [0, 0.05) is 36.6 Å². The molecule has 2 aromatic rings. The van der Waals surface area contributed by atoms with E-state index in [-0.39, 0.29) is 43.8 Å². The fourth-order valence-electron chi connectivity index (χ4n) is 4.30. The quantitative estimate of drug-likeness (QED) is 0.417. The Kier molecular flexibility index (Phi) is 10.3. The van der Waals surface area contributed by atoms with Gasteiger partial charge < -0.3 is 19.7 Å². The maximum absolute atomic E-state index is 13.5. The first kappa shape index (κ1) is 29.6. The van der Waals surface area contributed by atoms with Gasteiger partial charge in [0.1, 0.15) is 19.3 Å². The number of hydrogen-bond acceptors (Lipinski definition) is 6. The summed E-state index contributed by atoms with van der Waals surface area (Å²) < 4.78 is 37.6. The molecule has 0 aliphatic carbocycles. The molecular weight excluding hydrogens is 530 g/mol. The van der Waals surface area contributed by atoms with Gasteiger partial charge in [0.05, 0.1) is 11.9 Å². The number of benzene rings is 2. The summed E-state index contributed by atoms with van der Waals surface area (Å²) in [5.41, 5.74) is 1.16. The van der Waals surface area contributed by atoms with Crippen molar-refractivity contribution in [2.24, 2.45) is 0 Å². The van der Waals surface area contributed by atoms with Crippen LogP contribution in [0.15, 0.2) is 42.5 Å². The monoisotopic (exact) mass is 565 g/mol. The lowest BCUT2D eigenvalue weighted by Gasteiger charge is -2.32. The summed E-state index contributed by atoms with van der Waals surface area (Å²) in [4.78, 5) is 28.0. The van der Waals surface area contributed by atoms with Crippen LogP contribution < -0.4 is 19.1 Å². The van der Waals surface area contributed by atoms with Crippen LogP contribution in [0.2, 0.25) is 5.02 Å². The van der Waals surface area contributed by atoms with Crippen LogP contribution in [-0.2, 0) is 26.2 Å². The standard InChI is InChI=1S/C27H36ClN3O6S/c1-5-23(27(33)29-19(2)3)30(18-20-9-6-7-10-22(20)28)26(32)11-8-14-31(38(4,34)35)21-12-13-24-25(17-21)37-16-15-36-24/h6-7,9-10,12-13,17,19,23H,5,8,11,14-16,18H2,1-4H3,(H,29,33)/t23-/m0/s1. The molecule has 0 aromatic heterocycles. The SMILES string of the molecule is CC[C@@H](C(=O)NC(C)C)N(Cc1ccccc1Cl)C(=O)CCCN(c1ccc2c(c1)OCCO2)S(C)(=O)=O. The van der Waals surface area contributed by atoms with Crippen molar-refractivity contribution in [1.29, 1.82) is 0 Å². The van der Waals surface area contributed by atoms with E-state index in [2.05, 4.69) is 5.32 Å². The van der Waals surface area contributed by atoms with Gasteiger partial charge in [-0.3, -0.25) is 13.9 Å². The lowest BCUT2D eigenvalue weighted by molar-refractivity contribution is -0.141. The van der Waals surface area contributed by atoms with Crippen LogP contribution in [0.5, 0.6) is 11.5 Å². The normalized spacial score (nSPS) is 13.6. The van der Waals surface area contributed by atoms with E-state index < -0.39 is 16.1 Å². The van der Waals surface area contributed by atoms with Crippen molar-refractivity contribution in [2.45, 2.75) is 58.7 Å². The largest absolute Gasteiger partial charge is 0.486 e. The van der Waals surface area contributed by atoms with Gasteiger partial charge in [-0.15, -0.1) is 0 Å². The van der Waals surface area contributed by atoms with Gasteiger partial charge in [0.2, 0.25) is 21.8 Å². The molecule has 1 atom stereocenters. The van der Waals surface area contributed by atoms with Crippen molar-refractivity contribution < 1.29 is 27.5 Å². The Hall–Kier alpha value is -2.98. The molecule has 0 fully saturated rings. The number of sulfonamides is 1. The van der Waals surface area contributed by atoms with Crippen LogP contribution in [0.1, 0.15) is 45.6 Å². The van der Waals surface area contributed by atoms with Crippen LogP contribution >= 0.6 is 11.6 Å². The van der Waals surface area contributed by atoms with Crippen LogP contribution in [0.4, 0.5) is 5.69 Å². The molecule has 208 valence electrons. The molecule has 0 saturated heterocycles. The number of hydrogen-bond donors (Lipinski definition) is 1. The van der Waals surface area contributed by atoms with E-state index in [1.807, 2.05) is 32.9 Å². The van der Waals surface area contributed by atoms with Gasteiger partial charge in [-0.25, -0.2) is 8.42 Å². The summed E-state index contributed by atoms with van der Waals surface area (Å²) in [6.45, 7) is 6.65. The highest BCUT2D eigenvalue weighted by Gasteiger charge is 2.29. The molecule has 2 aromatic carbocycles. The minimum atomic E-state index is -3.63. The molecule has 1 aliphatic rings. The van der Waals surface area contributed by atoms with Gasteiger partial charge >= 0.3 is 0 Å². The molecule has 0 unspecified atom stereocenters. The smallest absolute Gasteiger partial charge is 0.243 e. The summed E-state index contributed by atoms with van der Waals surface area (Å²) in [6.07, 6.45) is 1.84.